The number of amides is 18. The molecule has 4 heterocycles. The first-order valence-corrected chi connectivity index (χ1v) is 52.2. The molecule has 1 aromatic rings. The Morgan fingerprint density at radius 2 is 0.652 bits per heavy atom. The third-order valence-corrected chi connectivity index (χ3v) is 28.7. The van der Waals surface area contributed by atoms with Gasteiger partial charge in [0.2, 0.25) is 106 Å². The molecule has 4 fully saturated rings. The number of rotatable bonds is 27. The van der Waals surface area contributed by atoms with E-state index in [2.05, 4.69) is 117 Å². The third-order valence-electron chi connectivity index (χ3n) is 21.5. The van der Waals surface area contributed by atoms with Crippen LogP contribution in [0.4, 0.5) is 0 Å². The van der Waals surface area contributed by atoms with E-state index in [0.717, 1.165) is 71.7 Å². The average Bonchev–Trinajstić information content (AvgIpc) is 0.842. The van der Waals surface area contributed by atoms with E-state index < -0.39 is 317 Å². The van der Waals surface area contributed by atoms with Crippen LogP contribution < -0.4 is 140 Å². The molecule has 0 saturated carbocycles. The maximum absolute atomic E-state index is 15.7. The second-order valence-electron chi connectivity index (χ2n) is 33.6. The molecule has 0 radical (unpaired) electrons. The van der Waals surface area contributed by atoms with E-state index in [1.807, 2.05) is 0 Å². The summed E-state index contributed by atoms with van der Waals surface area (Å²) in [4.78, 5) is 282. The van der Waals surface area contributed by atoms with Crippen molar-refractivity contribution in [3.05, 3.63) is 35.9 Å². The summed E-state index contributed by atoms with van der Waals surface area (Å²) < 4.78 is 0. The summed E-state index contributed by atoms with van der Waals surface area (Å²) in [5, 5.41) is 109. The molecule has 18 atom stereocenters. The number of benzene rings is 1. The lowest BCUT2D eigenvalue weighted by molar-refractivity contribution is -0.138. The number of fused-ring (bicyclic) bond motifs is 15. The van der Waals surface area contributed by atoms with Gasteiger partial charge in [-0.15, -0.1) is 0 Å². The van der Waals surface area contributed by atoms with Crippen molar-refractivity contribution in [1.82, 2.24) is 117 Å². The van der Waals surface area contributed by atoms with E-state index in [-0.39, 0.29) is 96.8 Å². The van der Waals surface area contributed by atoms with E-state index >= 15 is 52.7 Å². The molecule has 768 valence electrons. The fraction of sp³-hybridized carbons (Fsp3) is 0.642. The highest BCUT2D eigenvalue weighted by molar-refractivity contribution is 8.77. The van der Waals surface area contributed by atoms with Gasteiger partial charge in [0.15, 0.2) is 23.8 Å². The fourth-order valence-electron chi connectivity index (χ4n) is 13.7. The molecule has 51 nitrogen and oxygen atoms in total. The third kappa shape index (κ3) is 42.7. The van der Waals surface area contributed by atoms with Gasteiger partial charge in [-0.3, -0.25) is 113 Å². The lowest BCUT2D eigenvalue weighted by Gasteiger charge is -2.30. The van der Waals surface area contributed by atoms with Gasteiger partial charge >= 0.3 is 5.97 Å². The Balaban J connectivity index is 1.86. The van der Waals surface area contributed by atoms with Gasteiger partial charge in [-0.1, -0.05) is 143 Å². The van der Waals surface area contributed by atoms with Gasteiger partial charge < -0.3 is 150 Å². The number of hydrogen-bond acceptors (Lipinski definition) is 30. The normalized spacial score (nSPS) is 26.3. The number of hydrogen-bond donors (Lipinski definition) is 32. The second kappa shape index (κ2) is 60.9. The number of carboxylic acids is 1. The van der Waals surface area contributed by atoms with Crippen LogP contribution in [-0.2, 0) is 97.5 Å². The van der Waals surface area contributed by atoms with Crippen LogP contribution in [0.1, 0.15) is 131 Å². The number of carboxylic acid groups (broad SMARTS) is 1. The van der Waals surface area contributed by atoms with E-state index in [1.165, 1.54) is 13.8 Å². The fourth-order valence-corrected chi connectivity index (χ4v) is 20.7. The van der Waals surface area contributed by atoms with Crippen molar-refractivity contribution in [1.29, 1.82) is 21.6 Å². The van der Waals surface area contributed by atoms with Crippen molar-refractivity contribution in [3.8, 4) is 0 Å². The summed E-state index contributed by atoms with van der Waals surface area (Å²) in [7, 11) is 4.74. The Hall–Kier alpha value is -11.7. The highest BCUT2D eigenvalue weighted by atomic mass is 33.1. The summed E-state index contributed by atoms with van der Waals surface area (Å²) in [6.07, 6.45) is -4.96. The minimum atomic E-state index is -1.94. The van der Waals surface area contributed by atoms with Crippen molar-refractivity contribution in [3.63, 3.8) is 0 Å². The smallest absolute Gasteiger partial charge is 0.303 e. The van der Waals surface area contributed by atoms with E-state index in [1.54, 1.807) is 58.0 Å². The number of carbonyl (C=O) groups is 19. The minimum absolute atomic E-state index is 0.0183. The van der Waals surface area contributed by atoms with Gasteiger partial charge in [-0.2, -0.15) is 0 Å². The van der Waals surface area contributed by atoms with Crippen molar-refractivity contribution in [2.24, 2.45) is 40.7 Å². The van der Waals surface area contributed by atoms with Crippen LogP contribution in [-0.4, -0.2) is 323 Å². The second-order valence-corrected chi connectivity index (χ2v) is 41.2. The van der Waals surface area contributed by atoms with Crippen LogP contribution in [0.3, 0.4) is 0 Å². The van der Waals surface area contributed by atoms with Crippen molar-refractivity contribution < 1.29 is 101 Å². The number of guanidine groups is 4. The van der Waals surface area contributed by atoms with Crippen molar-refractivity contribution in [2.45, 2.75) is 235 Å². The van der Waals surface area contributed by atoms with Gasteiger partial charge in [0, 0.05) is 73.5 Å². The topological polar surface area (TPSA) is 829 Å². The average molecular weight is 2050 g/mol. The van der Waals surface area contributed by atoms with Crippen LogP contribution in [0.15, 0.2) is 30.3 Å². The number of carbonyl (C=O) groups excluding carboxylic acids is 18. The number of aliphatic hydroxyl groups excluding tert-OH is 1. The molecule has 6 bridgehead atoms. The van der Waals surface area contributed by atoms with E-state index in [0.29, 0.717) is 5.56 Å². The Labute approximate surface area is 821 Å². The highest BCUT2D eigenvalue weighted by Crippen LogP contribution is 2.28. The lowest BCUT2D eigenvalue weighted by atomic mass is 9.97. The quantitative estimate of drug-likeness (QED) is 0.0168. The van der Waals surface area contributed by atoms with Crippen LogP contribution in [0.2, 0.25) is 0 Å². The lowest BCUT2D eigenvalue weighted by Crippen LogP contribution is -2.63. The molecular formula is C81H132N30O21S6. The van der Waals surface area contributed by atoms with Gasteiger partial charge in [-0.25, -0.2) is 0 Å². The molecule has 5 rings (SSSR count). The van der Waals surface area contributed by atoms with E-state index in [4.69, 9.17) is 44.6 Å². The molecule has 0 spiro atoms. The first kappa shape index (κ1) is 117. The van der Waals surface area contributed by atoms with Crippen LogP contribution in [0.5, 0.6) is 0 Å². The maximum atomic E-state index is 15.7. The molecule has 36 N–H and O–H groups in total. The summed E-state index contributed by atoms with van der Waals surface area (Å²) in [6, 6.07) is -19.4. The molecule has 1 aromatic carbocycles. The summed E-state index contributed by atoms with van der Waals surface area (Å²) >= 11 is 0. The number of aliphatic carboxylic acids is 1. The number of aliphatic hydroxyl groups is 1. The Morgan fingerprint density at radius 1 is 0.362 bits per heavy atom. The molecular weight excluding hydrogens is 1920 g/mol. The van der Waals surface area contributed by atoms with Gasteiger partial charge in [0.1, 0.15) is 96.7 Å². The molecule has 0 aromatic heterocycles. The van der Waals surface area contributed by atoms with Crippen LogP contribution >= 0.6 is 64.8 Å². The highest BCUT2D eigenvalue weighted by Gasteiger charge is 2.42. The number of nitrogens with one attached hydrogen (secondary N) is 26. The molecule has 57 heteroatoms. The SMILES string of the molecule is CC[C@H](C)[C@@H]1NC(=O)[C@@H]2CSSC[C@H](NC(=O)[C@H](CCCNC(=N)N)NC(=O)[C@@H]3CSSC[C@H](NC1=O)C(=O)N[C@@H]([C@@H](C)O)C(=O)N[C@@H](CCCNC(=N)N)C(=O)NCC(=O)N[C@@H](Cc1ccccc1)C(=O)N3)C(=O)N[C@@H](CC(C)C)C(=O)N[C@H]1CSSC[C@H](NC(=O)[C@H](C(C)C)NC(=O)CNC(=O)[C@H](CCC(=O)O)NC(=O)[C@H](CCCNC(=N)N)NC1=O)C(=O)N[C@@H](CCCNC(=N)N)C(=O)N2. The zero-order valence-corrected chi connectivity index (χ0v) is 82.4. The van der Waals surface area contributed by atoms with Crippen LogP contribution in [0.25, 0.3) is 0 Å². The first-order valence-electron chi connectivity index (χ1n) is 44.7. The largest absolute Gasteiger partial charge is 0.481 e. The van der Waals surface area contributed by atoms with Crippen LogP contribution in [0, 0.1) is 39.4 Å². The maximum Gasteiger partial charge on any atom is 0.303 e. The summed E-state index contributed by atoms with van der Waals surface area (Å²) in [5.41, 5.74) is 22.9. The zero-order chi connectivity index (χ0) is 102. The van der Waals surface area contributed by atoms with Gasteiger partial charge in [0.05, 0.1) is 19.2 Å². The van der Waals surface area contributed by atoms with Gasteiger partial charge in [-0.05, 0) is 94.4 Å². The van der Waals surface area contributed by atoms with Crippen molar-refractivity contribution in [2.75, 3.05) is 73.8 Å². The molecule has 4 saturated heterocycles. The molecule has 4 aliphatic rings. The Bertz CT molecular complexity index is 4440. The molecule has 138 heavy (non-hydrogen) atoms. The standard InChI is InChI=1S/C81H132N30O21S6/c1-8-40(6)60-76(131)108-55-37-138-134-33-51(106-68(123)49(29-42-16-10-9-11-17-42)96-56(113)30-94-62(117)43(18-12-24-90-78(82)83)101-77(132)61(41(7)112)111-74(55)129)70(125)98-45(20-14-26-92-80(86)87)65(120)103-52-34-135-137-36-54(73(128)110-60)104-66(121)46(21-15-27-93-81(88)89)99-71(126)53-35-136-133-32-50(105-67(122)48(28-38(2)3)102-72(52)127)69(124)97-44(19-13-25-91-79(84)85)64(119)100-47(22-23-58(115)116)63(118)95-31-57(114)109-59(39(4)5)75(130)107-53/h9-11,16-17,38-41,43-55,59-61,112H,8,12-15,18-37H2,1-7H3,(H,94,117)(H,95,118)(H,96,113)(H,97,124)(H,98,125)(H,99,126)(H,100,119)(H,101,132)(H,102,127)(H,103,120)(H,104,121)(H,105,122)(H,106,123)(H,107,130)(H,108,131)(H,109,114)(H,110,128)(H,111,129)(H,115,116)(H4,82,83,90)(H4,84,85,91)(H4,86,87,92)(H4,88,89,93)/t40-,41+,43-,44-,45-,46-,47-,48-,49-,50-,51-,52-,53-,54-,55-,59-,60-,61-/m0/s1. The minimum Gasteiger partial charge on any atom is -0.481 e. The monoisotopic (exact) mass is 2050 g/mol. The molecule has 0 unspecified atom stereocenters. The van der Waals surface area contributed by atoms with Crippen molar-refractivity contribution >= 4 is 201 Å². The predicted octanol–water partition coefficient (Wildman–Crippen LogP) is -8.54. The molecule has 18 amide bonds. The van der Waals surface area contributed by atoms with E-state index in [9.17, 15) is 48.6 Å². The van der Waals surface area contributed by atoms with Gasteiger partial charge in [0.25, 0.3) is 0 Å². The zero-order valence-electron chi connectivity index (χ0n) is 77.5. The Kier molecular flexibility index (Phi) is 51.5. The molecule has 4 aliphatic heterocycles. The predicted molar refractivity (Wildman–Crippen MR) is 521 cm³/mol. The first-order chi connectivity index (χ1) is 65.3. The number of nitrogens with two attached hydrogens (primary N) is 4. The molecule has 0 aliphatic carbocycles. The summed E-state index contributed by atoms with van der Waals surface area (Å²) in [6.45, 7) is 8.59. The Morgan fingerprint density at radius 3 is 1.00 bits per heavy atom. The summed E-state index contributed by atoms with van der Waals surface area (Å²) in [5.74, 6) is -28.2.